The number of hydrogen-bond acceptors (Lipinski definition) is 3. The van der Waals surface area contributed by atoms with Crippen LogP contribution in [0.1, 0.15) is 106 Å². The maximum Gasteiger partial charge on any atom is 0.136 e. The molecule has 0 amide bonds. The van der Waals surface area contributed by atoms with Gasteiger partial charge in [-0.25, -0.2) is 9.97 Å². The average Bonchev–Trinajstić information content (AvgIpc) is 2.42. The molecule has 0 fully saturated rings. The second kappa shape index (κ2) is 8.10. The Morgan fingerprint density at radius 3 is 1.85 bits per heavy atom. The Morgan fingerprint density at radius 2 is 1.46 bits per heavy atom. The van der Waals surface area contributed by atoms with Crippen molar-refractivity contribution < 1.29 is 0 Å². The molecule has 0 spiro atoms. The fourth-order valence-corrected chi connectivity index (χ4v) is 2.82. The summed E-state index contributed by atoms with van der Waals surface area (Å²) in [5, 5.41) is 3.63. The molecule has 3 nitrogen and oxygen atoms in total. The predicted molar refractivity (Wildman–Crippen MR) is 116 cm³/mol. The van der Waals surface area contributed by atoms with Crippen molar-refractivity contribution in [3.63, 3.8) is 0 Å². The molecule has 1 atom stereocenters. The molecule has 1 N–H and O–H groups in total. The number of anilines is 1. The normalized spacial score (nSPS) is 14.9. The van der Waals surface area contributed by atoms with Gasteiger partial charge in [-0.1, -0.05) is 61.0 Å². The second-order valence-corrected chi connectivity index (χ2v) is 10.4. The van der Waals surface area contributed by atoms with Crippen molar-refractivity contribution in [2.45, 2.75) is 100.0 Å². The van der Waals surface area contributed by atoms with Crippen molar-refractivity contribution >= 4 is 11.9 Å². The van der Waals surface area contributed by atoms with Crippen molar-refractivity contribution in [1.82, 2.24) is 9.97 Å². The van der Waals surface area contributed by atoms with Gasteiger partial charge < -0.3 is 5.32 Å². The van der Waals surface area contributed by atoms with Crippen LogP contribution in [0.5, 0.6) is 0 Å². The van der Waals surface area contributed by atoms with Gasteiger partial charge in [0.05, 0.1) is 5.69 Å². The molecule has 0 bridgehead atoms. The summed E-state index contributed by atoms with van der Waals surface area (Å²) in [6.07, 6.45) is 2.28. The zero-order valence-electron chi connectivity index (χ0n) is 19.2. The van der Waals surface area contributed by atoms with E-state index in [-0.39, 0.29) is 11.0 Å². The van der Waals surface area contributed by atoms with Crippen LogP contribution in [0.25, 0.3) is 6.08 Å². The summed E-state index contributed by atoms with van der Waals surface area (Å²) in [6, 6.07) is 0. The predicted octanol–water partition coefficient (Wildman–Crippen LogP) is 6.80. The Balaban J connectivity index is 3.69. The number of rotatable bonds is 5. The first-order valence-corrected chi connectivity index (χ1v) is 10.0. The summed E-state index contributed by atoms with van der Waals surface area (Å²) in [5.41, 5.74) is 3.51. The monoisotopic (exact) mass is 359 g/mol. The minimum absolute atomic E-state index is 0.0472. The standard InChI is InChI=1S/C23H41N3/c1-14(2)17(6)16(5)13-18-19(15(3)4)20(26-23(10,11)12)25-21(24-18)22(7,8)9/h13-15,17H,1-12H3,(H,24,25,26)/b16-13+. The second-order valence-electron chi connectivity index (χ2n) is 10.4. The molecule has 0 aliphatic rings. The molecular formula is C23H41N3. The van der Waals surface area contributed by atoms with Gasteiger partial charge in [-0.3, -0.25) is 0 Å². The first-order valence-electron chi connectivity index (χ1n) is 10.0. The first kappa shape index (κ1) is 22.7. The van der Waals surface area contributed by atoms with Gasteiger partial charge in [0.2, 0.25) is 0 Å². The molecule has 0 aromatic carbocycles. The van der Waals surface area contributed by atoms with Crippen LogP contribution < -0.4 is 5.32 Å². The van der Waals surface area contributed by atoms with Gasteiger partial charge in [0.25, 0.3) is 0 Å². The molecule has 1 aromatic rings. The minimum atomic E-state index is -0.0933. The fourth-order valence-electron chi connectivity index (χ4n) is 2.82. The van der Waals surface area contributed by atoms with Gasteiger partial charge in [0, 0.05) is 16.5 Å². The third-order valence-corrected chi connectivity index (χ3v) is 4.80. The van der Waals surface area contributed by atoms with E-state index in [1.54, 1.807) is 0 Å². The topological polar surface area (TPSA) is 37.8 Å². The number of allylic oxidation sites excluding steroid dienone is 1. The lowest BCUT2D eigenvalue weighted by molar-refractivity contribution is 0.482. The zero-order valence-corrected chi connectivity index (χ0v) is 19.2. The molecule has 1 unspecified atom stereocenters. The van der Waals surface area contributed by atoms with E-state index in [4.69, 9.17) is 9.97 Å². The third kappa shape index (κ3) is 6.10. The highest BCUT2D eigenvalue weighted by Gasteiger charge is 2.25. The van der Waals surface area contributed by atoms with Crippen LogP contribution in [-0.2, 0) is 5.41 Å². The van der Waals surface area contributed by atoms with Crippen molar-refractivity contribution in [2.75, 3.05) is 5.32 Å². The summed E-state index contributed by atoms with van der Waals surface area (Å²) in [4.78, 5) is 9.96. The molecule has 0 aliphatic carbocycles. The third-order valence-electron chi connectivity index (χ3n) is 4.80. The lowest BCUT2D eigenvalue weighted by Gasteiger charge is -2.28. The van der Waals surface area contributed by atoms with Crippen LogP contribution >= 0.6 is 0 Å². The van der Waals surface area contributed by atoms with Crippen LogP contribution in [-0.4, -0.2) is 15.5 Å². The summed E-state index contributed by atoms with van der Waals surface area (Å²) in [6.45, 7) is 26.6. The summed E-state index contributed by atoms with van der Waals surface area (Å²) < 4.78 is 0. The SMILES string of the molecule is C/C(=C\c1nc(C(C)(C)C)nc(NC(C)(C)C)c1C(C)C)C(C)C(C)C. The zero-order chi connectivity index (χ0) is 20.4. The van der Waals surface area contributed by atoms with E-state index in [9.17, 15) is 0 Å². The number of hydrogen-bond donors (Lipinski definition) is 1. The molecule has 3 heteroatoms. The first-order chi connectivity index (χ1) is 11.6. The molecule has 0 saturated heterocycles. The summed E-state index contributed by atoms with van der Waals surface area (Å²) >= 11 is 0. The van der Waals surface area contributed by atoms with Gasteiger partial charge in [-0.15, -0.1) is 0 Å². The highest BCUT2D eigenvalue weighted by atomic mass is 15.1. The van der Waals surface area contributed by atoms with E-state index in [1.807, 2.05) is 0 Å². The Hall–Kier alpha value is -1.38. The smallest absolute Gasteiger partial charge is 0.136 e. The maximum atomic E-state index is 5.01. The van der Waals surface area contributed by atoms with E-state index in [0.717, 1.165) is 17.3 Å². The Labute approximate surface area is 162 Å². The molecule has 1 heterocycles. The van der Waals surface area contributed by atoms with E-state index in [0.29, 0.717) is 17.8 Å². The molecule has 1 rings (SSSR count). The minimum Gasteiger partial charge on any atom is -0.365 e. The van der Waals surface area contributed by atoms with Crippen molar-refractivity contribution in [1.29, 1.82) is 0 Å². The largest absolute Gasteiger partial charge is 0.365 e. The fraction of sp³-hybridized carbons (Fsp3) is 0.739. The molecular weight excluding hydrogens is 318 g/mol. The number of nitrogens with one attached hydrogen (secondary N) is 1. The van der Waals surface area contributed by atoms with Gasteiger partial charge in [0.15, 0.2) is 0 Å². The molecule has 26 heavy (non-hydrogen) atoms. The van der Waals surface area contributed by atoms with E-state index in [1.165, 1.54) is 11.1 Å². The Bertz CT molecular complexity index is 641. The molecule has 0 radical (unpaired) electrons. The lowest BCUT2D eigenvalue weighted by atomic mass is 9.89. The van der Waals surface area contributed by atoms with Crippen molar-refractivity contribution in [2.24, 2.45) is 11.8 Å². The molecule has 0 aliphatic heterocycles. The van der Waals surface area contributed by atoms with Crippen molar-refractivity contribution in [3.8, 4) is 0 Å². The quantitative estimate of drug-likeness (QED) is 0.628. The molecule has 0 saturated carbocycles. The van der Waals surface area contributed by atoms with Crippen LogP contribution in [0.15, 0.2) is 5.57 Å². The van der Waals surface area contributed by atoms with Gasteiger partial charge in [0.1, 0.15) is 11.6 Å². The molecule has 1 aromatic heterocycles. The van der Waals surface area contributed by atoms with Crippen LogP contribution in [0, 0.1) is 11.8 Å². The van der Waals surface area contributed by atoms with Gasteiger partial charge in [-0.05, 0) is 51.5 Å². The van der Waals surface area contributed by atoms with Crippen LogP contribution in [0.3, 0.4) is 0 Å². The van der Waals surface area contributed by atoms with Crippen molar-refractivity contribution in [3.05, 3.63) is 22.7 Å². The molecule has 148 valence electrons. The Morgan fingerprint density at radius 1 is 0.923 bits per heavy atom. The summed E-state index contributed by atoms with van der Waals surface area (Å²) in [5.74, 6) is 3.36. The van der Waals surface area contributed by atoms with Gasteiger partial charge in [-0.2, -0.15) is 0 Å². The average molecular weight is 360 g/mol. The maximum absolute atomic E-state index is 5.01. The van der Waals surface area contributed by atoms with E-state index in [2.05, 4.69) is 94.5 Å². The number of aromatic nitrogens is 2. The highest BCUT2D eigenvalue weighted by Crippen LogP contribution is 2.33. The van der Waals surface area contributed by atoms with E-state index >= 15 is 0 Å². The summed E-state index contributed by atoms with van der Waals surface area (Å²) in [7, 11) is 0. The lowest BCUT2D eigenvalue weighted by Crippen LogP contribution is -2.29. The van der Waals surface area contributed by atoms with Gasteiger partial charge >= 0.3 is 0 Å². The number of nitrogens with zero attached hydrogens (tertiary/aromatic N) is 2. The highest BCUT2D eigenvalue weighted by molar-refractivity contribution is 5.62. The van der Waals surface area contributed by atoms with Crippen LogP contribution in [0.2, 0.25) is 0 Å². The van der Waals surface area contributed by atoms with E-state index < -0.39 is 0 Å². The van der Waals surface area contributed by atoms with Crippen LogP contribution in [0.4, 0.5) is 5.82 Å². The Kier molecular flexibility index (Phi) is 7.06.